The van der Waals surface area contributed by atoms with Crippen molar-refractivity contribution < 1.29 is 8.83 Å². The average Bonchev–Trinajstić information content (AvgIpc) is 1.74. The quantitative estimate of drug-likeness (QED) is 0.135. The van der Waals surface area contributed by atoms with Crippen molar-refractivity contribution in [3.63, 3.8) is 0 Å². The number of furan rings is 2. The Kier molecular flexibility index (Phi) is 16.8. The first kappa shape index (κ1) is 68.2. The van der Waals surface area contributed by atoms with Gasteiger partial charge >= 0.3 is 0 Å². The minimum atomic E-state index is 0.919. The lowest BCUT2D eigenvalue weighted by molar-refractivity contribution is 0.669. The maximum absolute atomic E-state index is 6.32. The number of fused-ring (bicyclic) bond motifs is 15. The molecule has 0 radical (unpaired) electrons. The average molecular weight is 1490 g/mol. The van der Waals surface area contributed by atoms with E-state index >= 15 is 0 Å². The molecule has 0 amide bonds. The van der Waals surface area contributed by atoms with Crippen LogP contribution in [-0.4, -0.2) is 19.5 Å². The molecule has 546 valence electrons. The SMILES string of the molecule is c1ccc(-c2c3ccccc3c(-c3ccc(-c4cccc5c4oc4ccccc45)cc3)c3ccccc23)nc1.c1ccc(-c2c3ccccc3c(-c3ccc(-n4c5ccccc5c5ccccc54)cc3)c3ccccc23)nc1.c1ccc2c(c1)oc1c(-c3ccc(-c4c5ccccc5c(-c5ccncc5)c5ccccc45)cc3)cccc12. The van der Waals surface area contributed by atoms with Crippen molar-refractivity contribution in [3.8, 4) is 95.0 Å². The van der Waals surface area contributed by atoms with Crippen LogP contribution < -0.4 is 0 Å². The summed E-state index contributed by atoms with van der Waals surface area (Å²) in [6.45, 7) is 0. The summed E-state index contributed by atoms with van der Waals surface area (Å²) in [4.78, 5) is 13.7. The third-order valence-electron chi connectivity index (χ3n) is 23.4. The van der Waals surface area contributed by atoms with Gasteiger partial charge in [0, 0.05) is 85.0 Å². The highest BCUT2D eigenvalue weighted by atomic mass is 16.3. The fraction of sp³-hybridized carbons (Fsp3) is 0. The topological polar surface area (TPSA) is 69.9 Å². The maximum Gasteiger partial charge on any atom is 0.143 e. The standard InChI is InChI=1S/C37H24N2.2C37H23NO/c1-3-15-31-29(13-1)36(30-14-2-4-16-32(30)37(31)33-17-9-10-24-38-33)25-20-22-26(23-21-25)39-34-18-7-5-11-27(34)28-12-6-8-19-35(28)39;1-3-13-30-28(11-1)35(29-12-2-4-14-31(29)36(30)33-17-7-8-23-38-33)25-21-19-24(20-22-25)26-15-9-16-32-27-10-5-6-18-34(27)39-37(26)32;1-3-11-31-29(9-1)35(30-10-2-4-12-32(30)36(31)26-20-22-38-23-21-26)25-18-16-24(17-19-25)27-13-7-14-33-28-8-5-6-15-34(28)39-37(27)33/h1-24H;2*1-23H. The lowest BCUT2D eigenvalue weighted by atomic mass is 9.86. The second kappa shape index (κ2) is 28.8. The molecule has 6 aromatic heterocycles. The molecule has 24 rings (SSSR count). The summed E-state index contributed by atoms with van der Waals surface area (Å²) < 4.78 is 15.0. The van der Waals surface area contributed by atoms with E-state index in [4.69, 9.17) is 18.8 Å². The van der Waals surface area contributed by atoms with Crippen molar-refractivity contribution >= 4 is 130 Å². The van der Waals surface area contributed by atoms with Crippen LogP contribution in [0.25, 0.3) is 225 Å². The number of rotatable bonds is 9. The van der Waals surface area contributed by atoms with Gasteiger partial charge in [-0.15, -0.1) is 0 Å². The summed E-state index contributed by atoms with van der Waals surface area (Å²) in [6, 6.07) is 142. The summed E-state index contributed by atoms with van der Waals surface area (Å²) >= 11 is 0. The Hall–Kier alpha value is -15.6. The molecule has 0 aliphatic rings. The third-order valence-corrected chi connectivity index (χ3v) is 23.4. The van der Waals surface area contributed by atoms with E-state index in [1.165, 1.54) is 142 Å². The van der Waals surface area contributed by atoms with Crippen molar-refractivity contribution in [2.24, 2.45) is 0 Å². The van der Waals surface area contributed by atoms with Crippen molar-refractivity contribution in [2.45, 2.75) is 0 Å². The molecule has 24 aromatic rings. The molecule has 0 unspecified atom stereocenters. The second-order valence-corrected chi connectivity index (χ2v) is 29.8. The number of hydrogen-bond acceptors (Lipinski definition) is 5. The van der Waals surface area contributed by atoms with Crippen LogP contribution in [0.2, 0.25) is 0 Å². The van der Waals surface area contributed by atoms with Gasteiger partial charge in [0.1, 0.15) is 22.3 Å². The molecule has 18 aromatic carbocycles. The molecule has 0 saturated carbocycles. The van der Waals surface area contributed by atoms with Gasteiger partial charge in [-0.1, -0.05) is 328 Å². The number of para-hydroxylation sites is 6. The highest BCUT2D eigenvalue weighted by Crippen LogP contribution is 2.49. The van der Waals surface area contributed by atoms with Crippen LogP contribution in [0.15, 0.2) is 434 Å². The number of hydrogen-bond donors (Lipinski definition) is 0. The Morgan fingerprint density at radius 2 is 0.444 bits per heavy atom. The van der Waals surface area contributed by atoms with Gasteiger partial charge in [-0.25, -0.2) is 0 Å². The molecule has 117 heavy (non-hydrogen) atoms. The lowest BCUT2D eigenvalue weighted by Gasteiger charge is -2.17. The summed E-state index contributed by atoms with van der Waals surface area (Å²) in [7, 11) is 0. The molecule has 0 N–H and O–H groups in total. The van der Waals surface area contributed by atoms with E-state index in [-0.39, 0.29) is 0 Å². The monoisotopic (exact) mass is 1490 g/mol. The number of aromatic nitrogens is 4. The van der Waals surface area contributed by atoms with Crippen LogP contribution in [0.5, 0.6) is 0 Å². The number of nitrogens with zero attached hydrogens (tertiary/aromatic N) is 4. The highest BCUT2D eigenvalue weighted by molar-refractivity contribution is 6.25. The first-order valence-corrected chi connectivity index (χ1v) is 39.8. The lowest BCUT2D eigenvalue weighted by Crippen LogP contribution is -1.95. The van der Waals surface area contributed by atoms with Gasteiger partial charge in [-0.05, 0) is 193 Å². The Morgan fingerprint density at radius 1 is 0.179 bits per heavy atom. The zero-order chi connectivity index (χ0) is 77.3. The van der Waals surface area contributed by atoms with Gasteiger partial charge in [-0.2, -0.15) is 0 Å². The van der Waals surface area contributed by atoms with E-state index < -0.39 is 0 Å². The van der Waals surface area contributed by atoms with Crippen LogP contribution in [0.3, 0.4) is 0 Å². The molecule has 6 nitrogen and oxygen atoms in total. The Balaban J connectivity index is 0.000000106. The fourth-order valence-corrected chi connectivity index (χ4v) is 18.3. The van der Waals surface area contributed by atoms with E-state index in [2.05, 4.69) is 374 Å². The Bertz CT molecular complexity index is 7410. The maximum atomic E-state index is 6.32. The molecule has 0 spiro atoms. The van der Waals surface area contributed by atoms with E-state index in [1.54, 1.807) is 0 Å². The first-order valence-electron chi connectivity index (χ1n) is 39.8. The van der Waals surface area contributed by atoms with E-state index in [9.17, 15) is 0 Å². The van der Waals surface area contributed by atoms with Gasteiger partial charge in [0.05, 0.1) is 22.4 Å². The molecular formula is C111H70N4O2. The highest BCUT2D eigenvalue weighted by Gasteiger charge is 2.23. The second-order valence-electron chi connectivity index (χ2n) is 29.8. The van der Waals surface area contributed by atoms with Crippen LogP contribution in [0.1, 0.15) is 0 Å². The van der Waals surface area contributed by atoms with Gasteiger partial charge in [0.25, 0.3) is 0 Å². The molecule has 0 atom stereocenters. The number of pyridine rings is 3. The van der Waals surface area contributed by atoms with E-state index in [0.717, 1.165) is 83.2 Å². The van der Waals surface area contributed by atoms with Gasteiger partial charge < -0.3 is 13.4 Å². The van der Waals surface area contributed by atoms with Gasteiger partial charge in [-0.3, -0.25) is 15.0 Å². The zero-order valence-corrected chi connectivity index (χ0v) is 63.5. The molecule has 0 aliphatic carbocycles. The first-order chi connectivity index (χ1) is 58.1. The van der Waals surface area contributed by atoms with Crippen molar-refractivity contribution in [1.29, 1.82) is 0 Å². The predicted octanol–water partition coefficient (Wildman–Crippen LogP) is 30.4. The molecule has 6 heterocycles. The molecule has 0 bridgehead atoms. The Morgan fingerprint density at radius 3 is 0.778 bits per heavy atom. The minimum Gasteiger partial charge on any atom is -0.455 e. The van der Waals surface area contributed by atoms with E-state index in [1.807, 2.05) is 61.2 Å². The van der Waals surface area contributed by atoms with Gasteiger partial charge in [0.2, 0.25) is 0 Å². The Labute approximate surface area is 674 Å². The predicted molar refractivity (Wildman–Crippen MR) is 490 cm³/mol. The normalized spacial score (nSPS) is 11.6. The smallest absolute Gasteiger partial charge is 0.143 e. The van der Waals surface area contributed by atoms with Crippen LogP contribution in [0, 0.1) is 0 Å². The van der Waals surface area contributed by atoms with E-state index in [0.29, 0.717) is 0 Å². The minimum absolute atomic E-state index is 0.919. The largest absolute Gasteiger partial charge is 0.455 e. The molecule has 0 aliphatic heterocycles. The van der Waals surface area contributed by atoms with Crippen LogP contribution in [-0.2, 0) is 0 Å². The summed E-state index contributed by atoms with van der Waals surface area (Å²) in [5.41, 5.74) is 26.0. The molecule has 6 heteroatoms. The van der Waals surface area contributed by atoms with Crippen LogP contribution >= 0.6 is 0 Å². The molecule has 0 fully saturated rings. The summed E-state index contributed by atoms with van der Waals surface area (Å²) in [6.07, 6.45) is 7.48. The fourth-order valence-electron chi connectivity index (χ4n) is 18.3. The molecular weight excluding hydrogens is 1420 g/mol. The third kappa shape index (κ3) is 11.7. The molecule has 0 saturated heterocycles. The zero-order valence-electron chi connectivity index (χ0n) is 63.5. The van der Waals surface area contributed by atoms with Crippen LogP contribution in [0.4, 0.5) is 0 Å². The summed E-state index contributed by atoms with van der Waals surface area (Å²) in [5, 5.41) is 21.9. The van der Waals surface area contributed by atoms with Crippen molar-refractivity contribution in [2.75, 3.05) is 0 Å². The number of benzene rings is 18. The summed E-state index contributed by atoms with van der Waals surface area (Å²) in [5.74, 6) is 0. The van der Waals surface area contributed by atoms with Gasteiger partial charge in [0.15, 0.2) is 0 Å². The van der Waals surface area contributed by atoms with Crippen molar-refractivity contribution in [3.05, 3.63) is 425 Å². The van der Waals surface area contributed by atoms with Crippen molar-refractivity contribution in [1.82, 2.24) is 19.5 Å².